The molecule has 1 aromatic heterocycles. The first-order valence-electron chi connectivity index (χ1n) is 5.75. The molecule has 1 heterocycles. The number of hydrogen-bond donors (Lipinski definition) is 1. The minimum Gasteiger partial charge on any atom is -0.379 e. The van der Waals surface area contributed by atoms with Crippen molar-refractivity contribution in [3.05, 3.63) is 42.0 Å². The van der Waals surface area contributed by atoms with E-state index in [9.17, 15) is 4.39 Å². The number of nitrogens with zero attached hydrogens (tertiary/aromatic N) is 3. The van der Waals surface area contributed by atoms with E-state index in [0.717, 1.165) is 17.3 Å². The number of halogens is 1. The molecular weight excluding hydrogens is 231 g/mol. The highest BCUT2D eigenvalue weighted by atomic mass is 19.1. The summed E-state index contributed by atoms with van der Waals surface area (Å²) in [6.45, 7) is 0.612. The molecule has 0 aliphatic rings. The third kappa shape index (κ3) is 2.61. The Morgan fingerprint density at radius 3 is 2.78 bits per heavy atom. The summed E-state index contributed by atoms with van der Waals surface area (Å²) in [4.78, 5) is 6.27. The topological polar surface area (TPSA) is 33.1 Å². The lowest BCUT2D eigenvalue weighted by molar-refractivity contribution is 0.628. The van der Waals surface area contributed by atoms with Gasteiger partial charge in [-0.05, 0) is 18.2 Å². The number of aromatic nitrogens is 2. The van der Waals surface area contributed by atoms with Crippen LogP contribution >= 0.6 is 0 Å². The van der Waals surface area contributed by atoms with Gasteiger partial charge < -0.3 is 14.8 Å². The zero-order valence-electron chi connectivity index (χ0n) is 10.8. The molecule has 0 amide bonds. The van der Waals surface area contributed by atoms with Crippen LogP contribution in [0.3, 0.4) is 0 Å². The molecule has 0 spiro atoms. The molecule has 18 heavy (non-hydrogen) atoms. The van der Waals surface area contributed by atoms with E-state index < -0.39 is 0 Å². The third-order valence-electron chi connectivity index (χ3n) is 2.76. The van der Waals surface area contributed by atoms with Crippen LogP contribution in [0, 0.1) is 5.82 Å². The second kappa shape index (κ2) is 5.08. The predicted octanol–water partition coefficient (Wildman–Crippen LogP) is 2.24. The van der Waals surface area contributed by atoms with E-state index in [1.54, 1.807) is 6.07 Å². The Labute approximate surface area is 106 Å². The van der Waals surface area contributed by atoms with Gasteiger partial charge in [0.05, 0.1) is 18.4 Å². The molecule has 0 fully saturated rings. The summed E-state index contributed by atoms with van der Waals surface area (Å²) in [5, 5.41) is 3.18. The van der Waals surface area contributed by atoms with Crippen molar-refractivity contribution in [1.82, 2.24) is 9.55 Å². The van der Waals surface area contributed by atoms with Gasteiger partial charge in [0.25, 0.3) is 0 Å². The summed E-state index contributed by atoms with van der Waals surface area (Å²) < 4.78 is 15.0. The smallest absolute Gasteiger partial charge is 0.204 e. The van der Waals surface area contributed by atoms with Gasteiger partial charge in [-0.2, -0.15) is 0 Å². The van der Waals surface area contributed by atoms with Crippen molar-refractivity contribution in [3.8, 4) is 0 Å². The van der Waals surface area contributed by atoms with E-state index in [-0.39, 0.29) is 5.82 Å². The van der Waals surface area contributed by atoms with Crippen LogP contribution < -0.4 is 10.2 Å². The SMILES string of the molecule is CN(C)c1ncc(CNc2cccc(F)c2)n1C. The number of rotatable bonds is 4. The van der Waals surface area contributed by atoms with Gasteiger partial charge in [0.15, 0.2) is 0 Å². The van der Waals surface area contributed by atoms with Crippen molar-refractivity contribution in [2.75, 3.05) is 24.3 Å². The molecule has 1 aromatic carbocycles. The van der Waals surface area contributed by atoms with Crippen LogP contribution in [0.2, 0.25) is 0 Å². The molecule has 2 aromatic rings. The average molecular weight is 248 g/mol. The minimum absolute atomic E-state index is 0.237. The first-order chi connectivity index (χ1) is 8.58. The second-order valence-electron chi connectivity index (χ2n) is 4.37. The fourth-order valence-corrected chi connectivity index (χ4v) is 1.80. The number of anilines is 2. The zero-order chi connectivity index (χ0) is 13.1. The van der Waals surface area contributed by atoms with Crippen molar-refractivity contribution < 1.29 is 4.39 Å². The first-order valence-corrected chi connectivity index (χ1v) is 5.75. The summed E-state index contributed by atoms with van der Waals surface area (Å²) in [6.07, 6.45) is 1.82. The lowest BCUT2D eigenvalue weighted by atomic mass is 10.3. The highest BCUT2D eigenvalue weighted by Crippen LogP contribution is 2.14. The molecule has 0 unspecified atom stereocenters. The molecular formula is C13H17FN4. The highest BCUT2D eigenvalue weighted by molar-refractivity contribution is 5.43. The Bertz CT molecular complexity index is 534. The van der Waals surface area contributed by atoms with Gasteiger partial charge in [0.2, 0.25) is 5.95 Å². The van der Waals surface area contributed by atoms with E-state index in [2.05, 4.69) is 10.3 Å². The third-order valence-corrected chi connectivity index (χ3v) is 2.76. The summed E-state index contributed by atoms with van der Waals surface area (Å²) in [7, 11) is 5.86. The Morgan fingerprint density at radius 1 is 1.39 bits per heavy atom. The maximum absolute atomic E-state index is 13.0. The van der Waals surface area contributed by atoms with Crippen molar-refractivity contribution in [1.29, 1.82) is 0 Å². The van der Waals surface area contributed by atoms with Crippen LogP contribution in [0.5, 0.6) is 0 Å². The van der Waals surface area contributed by atoms with Crippen LogP contribution in [-0.4, -0.2) is 23.6 Å². The van der Waals surface area contributed by atoms with Crippen molar-refractivity contribution in [2.45, 2.75) is 6.54 Å². The molecule has 0 atom stereocenters. The lowest BCUT2D eigenvalue weighted by Crippen LogP contribution is -2.15. The Hall–Kier alpha value is -2.04. The highest BCUT2D eigenvalue weighted by Gasteiger charge is 2.07. The Balaban J connectivity index is 2.07. The quantitative estimate of drug-likeness (QED) is 0.900. The van der Waals surface area contributed by atoms with Crippen molar-refractivity contribution >= 4 is 11.6 Å². The fraction of sp³-hybridized carbons (Fsp3) is 0.308. The van der Waals surface area contributed by atoms with Crippen LogP contribution in [0.15, 0.2) is 30.5 Å². The first kappa shape index (κ1) is 12.4. The second-order valence-corrected chi connectivity index (χ2v) is 4.37. The molecule has 0 radical (unpaired) electrons. The fourth-order valence-electron chi connectivity index (χ4n) is 1.80. The van der Waals surface area contributed by atoms with E-state index in [1.807, 2.05) is 42.9 Å². The standard InChI is InChI=1S/C13H17FN4/c1-17(2)13-16-9-12(18(13)3)8-15-11-6-4-5-10(14)7-11/h4-7,9,15H,8H2,1-3H3. The molecule has 0 bridgehead atoms. The van der Waals surface area contributed by atoms with Gasteiger partial charge in [-0.1, -0.05) is 6.07 Å². The van der Waals surface area contributed by atoms with Crippen LogP contribution in [0.4, 0.5) is 16.0 Å². The molecule has 0 aliphatic heterocycles. The Morgan fingerprint density at radius 2 is 2.17 bits per heavy atom. The van der Waals surface area contributed by atoms with E-state index in [0.29, 0.717) is 6.54 Å². The van der Waals surface area contributed by atoms with E-state index >= 15 is 0 Å². The van der Waals surface area contributed by atoms with Gasteiger partial charge in [-0.3, -0.25) is 0 Å². The largest absolute Gasteiger partial charge is 0.379 e. The molecule has 0 saturated carbocycles. The Kier molecular flexibility index (Phi) is 3.50. The van der Waals surface area contributed by atoms with Crippen LogP contribution in [0.25, 0.3) is 0 Å². The molecule has 0 aliphatic carbocycles. The van der Waals surface area contributed by atoms with Crippen LogP contribution in [0.1, 0.15) is 5.69 Å². The molecule has 4 nitrogen and oxygen atoms in total. The molecule has 0 saturated heterocycles. The van der Waals surface area contributed by atoms with Gasteiger partial charge in [0, 0.05) is 26.8 Å². The molecule has 96 valence electrons. The number of nitrogens with one attached hydrogen (secondary N) is 1. The molecule has 1 N–H and O–H groups in total. The number of hydrogen-bond acceptors (Lipinski definition) is 3. The predicted molar refractivity (Wildman–Crippen MR) is 71.3 cm³/mol. The lowest BCUT2D eigenvalue weighted by Gasteiger charge is -2.13. The minimum atomic E-state index is -0.237. The number of benzene rings is 1. The summed E-state index contributed by atoms with van der Waals surface area (Å²) in [5.41, 5.74) is 1.81. The molecule has 2 rings (SSSR count). The van der Waals surface area contributed by atoms with Gasteiger partial charge in [-0.25, -0.2) is 9.37 Å². The number of imidazole rings is 1. The summed E-state index contributed by atoms with van der Waals surface area (Å²) >= 11 is 0. The maximum Gasteiger partial charge on any atom is 0.204 e. The van der Waals surface area contributed by atoms with Crippen molar-refractivity contribution in [2.24, 2.45) is 7.05 Å². The van der Waals surface area contributed by atoms with Gasteiger partial charge in [0.1, 0.15) is 5.82 Å². The summed E-state index contributed by atoms with van der Waals surface area (Å²) in [6, 6.07) is 6.43. The van der Waals surface area contributed by atoms with E-state index in [4.69, 9.17) is 0 Å². The molecule has 5 heteroatoms. The van der Waals surface area contributed by atoms with E-state index in [1.165, 1.54) is 12.1 Å². The summed E-state index contributed by atoms with van der Waals surface area (Å²) in [5.74, 6) is 0.657. The monoisotopic (exact) mass is 248 g/mol. The van der Waals surface area contributed by atoms with Crippen LogP contribution in [-0.2, 0) is 13.6 Å². The maximum atomic E-state index is 13.0. The average Bonchev–Trinajstić information content (AvgIpc) is 2.68. The zero-order valence-corrected chi connectivity index (χ0v) is 10.8. The normalized spacial score (nSPS) is 10.4. The van der Waals surface area contributed by atoms with Gasteiger partial charge in [-0.15, -0.1) is 0 Å². The van der Waals surface area contributed by atoms with Gasteiger partial charge >= 0.3 is 0 Å². The van der Waals surface area contributed by atoms with Crippen molar-refractivity contribution in [3.63, 3.8) is 0 Å².